The monoisotopic (exact) mass is 402 g/mol. The molecular weight excluding hydrogens is 392 g/mol. The first kappa shape index (κ1) is 16.4. The van der Waals surface area contributed by atoms with Crippen molar-refractivity contribution in [2.24, 2.45) is 5.10 Å². The second kappa shape index (κ2) is 7.42. The average Bonchev–Trinajstić information content (AvgIpc) is 3.04. The van der Waals surface area contributed by atoms with Crippen LogP contribution in [0.4, 0.5) is 0 Å². The summed E-state index contributed by atoms with van der Waals surface area (Å²) in [5.74, 6) is -0.411. The Balaban J connectivity index is 1.74. The van der Waals surface area contributed by atoms with E-state index < -0.39 is 5.91 Å². The van der Waals surface area contributed by atoms with Gasteiger partial charge < -0.3 is 4.57 Å². The smallest absolute Gasteiger partial charge is 0.274 e. The van der Waals surface area contributed by atoms with Crippen LogP contribution in [0.3, 0.4) is 0 Å². The molecule has 0 spiro atoms. The van der Waals surface area contributed by atoms with Crippen LogP contribution < -0.4 is 5.43 Å². The third kappa shape index (κ3) is 3.72. The SMILES string of the molecule is O=C(NN=Cc1cccn1-c1ccc(Br)cc1)c1cccnc1Cl. The molecule has 3 aromatic rings. The Labute approximate surface area is 152 Å². The Bertz CT molecular complexity index is 890. The molecule has 0 fully saturated rings. The van der Waals surface area contributed by atoms with Crippen LogP contribution in [0.2, 0.25) is 5.15 Å². The number of halogens is 2. The quantitative estimate of drug-likeness (QED) is 0.406. The molecule has 0 radical (unpaired) electrons. The van der Waals surface area contributed by atoms with E-state index >= 15 is 0 Å². The Morgan fingerprint density at radius 2 is 2.00 bits per heavy atom. The van der Waals surface area contributed by atoms with Gasteiger partial charge in [0.25, 0.3) is 5.91 Å². The van der Waals surface area contributed by atoms with E-state index in [1.165, 1.54) is 6.20 Å². The van der Waals surface area contributed by atoms with E-state index in [9.17, 15) is 4.79 Å². The molecule has 0 aliphatic rings. The number of hydrazone groups is 1. The number of aromatic nitrogens is 2. The van der Waals surface area contributed by atoms with Gasteiger partial charge in [0, 0.05) is 22.6 Å². The maximum absolute atomic E-state index is 12.0. The zero-order valence-electron chi connectivity index (χ0n) is 12.4. The highest BCUT2D eigenvalue weighted by molar-refractivity contribution is 9.10. The number of hydrogen-bond donors (Lipinski definition) is 1. The third-order valence-corrected chi connectivity index (χ3v) is 4.08. The van der Waals surface area contributed by atoms with Gasteiger partial charge in [0.2, 0.25) is 0 Å². The van der Waals surface area contributed by atoms with Gasteiger partial charge in [-0.15, -0.1) is 0 Å². The summed E-state index contributed by atoms with van der Waals surface area (Å²) in [6, 6.07) is 14.9. The molecule has 0 bridgehead atoms. The van der Waals surface area contributed by atoms with Crippen LogP contribution in [0.25, 0.3) is 5.69 Å². The molecule has 0 aliphatic carbocycles. The number of nitrogens with zero attached hydrogens (tertiary/aromatic N) is 3. The van der Waals surface area contributed by atoms with Crippen molar-refractivity contribution in [1.82, 2.24) is 15.0 Å². The van der Waals surface area contributed by atoms with E-state index in [2.05, 4.69) is 31.4 Å². The van der Waals surface area contributed by atoms with Crippen molar-refractivity contribution in [3.8, 4) is 5.69 Å². The van der Waals surface area contributed by atoms with Gasteiger partial charge in [-0.3, -0.25) is 4.79 Å². The van der Waals surface area contributed by atoms with Gasteiger partial charge in [0.15, 0.2) is 0 Å². The molecule has 3 rings (SSSR count). The summed E-state index contributed by atoms with van der Waals surface area (Å²) >= 11 is 9.30. The van der Waals surface area contributed by atoms with Crippen LogP contribution in [-0.4, -0.2) is 21.7 Å². The standard InChI is InChI=1S/C17H12BrClN4O/c18-12-5-7-13(8-6-12)23-10-2-3-14(23)11-21-22-17(24)15-4-1-9-20-16(15)19/h1-11H,(H,22,24). The number of amides is 1. The molecular formula is C17H12BrClN4O. The van der Waals surface area contributed by atoms with E-state index in [1.807, 2.05) is 47.2 Å². The maximum Gasteiger partial charge on any atom is 0.274 e. The van der Waals surface area contributed by atoms with E-state index in [0.29, 0.717) is 0 Å². The minimum Gasteiger partial charge on any atom is -0.316 e. The molecule has 0 saturated heterocycles. The lowest BCUT2D eigenvalue weighted by Crippen LogP contribution is -2.18. The van der Waals surface area contributed by atoms with E-state index in [-0.39, 0.29) is 10.7 Å². The lowest BCUT2D eigenvalue weighted by Gasteiger charge is -2.06. The first-order valence-corrected chi connectivity index (χ1v) is 8.19. The summed E-state index contributed by atoms with van der Waals surface area (Å²) in [6.45, 7) is 0. The largest absolute Gasteiger partial charge is 0.316 e. The summed E-state index contributed by atoms with van der Waals surface area (Å²) in [7, 11) is 0. The Hall–Kier alpha value is -2.44. The van der Waals surface area contributed by atoms with Gasteiger partial charge in [0.1, 0.15) is 5.15 Å². The fraction of sp³-hybridized carbons (Fsp3) is 0. The van der Waals surface area contributed by atoms with Crippen LogP contribution in [0.5, 0.6) is 0 Å². The van der Waals surface area contributed by atoms with Gasteiger partial charge in [-0.25, -0.2) is 10.4 Å². The lowest BCUT2D eigenvalue weighted by molar-refractivity contribution is 0.0955. The van der Waals surface area contributed by atoms with Crippen LogP contribution in [0.1, 0.15) is 16.1 Å². The zero-order valence-corrected chi connectivity index (χ0v) is 14.7. The van der Waals surface area contributed by atoms with Crippen LogP contribution in [0.15, 0.2) is 70.5 Å². The highest BCUT2D eigenvalue weighted by Gasteiger charge is 2.09. The molecule has 2 heterocycles. The molecule has 120 valence electrons. The van der Waals surface area contributed by atoms with Crippen molar-refractivity contribution >= 4 is 39.7 Å². The van der Waals surface area contributed by atoms with Gasteiger partial charge in [0.05, 0.1) is 17.5 Å². The van der Waals surface area contributed by atoms with E-state index in [0.717, 1.165) is 15.9 Å². The number of carbonyl (C=O) groups is 1. The number of benzene rings is 1. The first-order valence-electron chi connectivity index (χ1n) is 7.02. The van der Waals surface area contributed by atoms with Crippen LogP contribution in [0, 0.1) is 0 Å². The minimum atomic E-state index is -0.411. The highest BCUT2D eigenvalue weighted by atomic mass is 79.9. The maximum atomic E-state index is 12.0. The van der Waals surface area contributed by atoms with Gasteiger partial charge in [-0.2, -0.15) is 5.10 Å². The van der Waals surface area contributed by atoms with Crippen molar-refractivity contribution in [2.75, 3.05) is 0 Å². The molecule has 0 aliphatic heterocycles. The molecule has 0 atom stereocenters. The normalized spacial score (nSPS) is 10.9. The second-order valence-corrected chi connectivity index (χ2v) is 6.09. The Morgan fingerprint density at radius 1 is 1.21 bits per heavy atom. The predicted octanol–water partition coefficient (Wildman–Crippen LogP) is 4.05. The summed E-state index contributed by atoms with van der Waals surface area (Å²) in [5, 5.41) is 4.14. The molecule has 7 heteroatoms. The summed E-state index contributed by atoms with van der Waals surface area (Å²) < 4.78 is 2.97. The van der Waals surface area contributed by atoms with Crippen molar-refractivity contribution in [1.29, 1.82) is 0 Å². The highest BCUT2D eigenvalue weighted by Crippen LogP contribution is 2.16. The first-order chi connectivity index (χ1) is 11.6. The molecule has 1 aromatic carbocycles. The second-order valence-electron chi connectivity index (χ2n) is 4.82. The summed E-state index contributed by atoms with van der Waals surface area (Å²) in [4.78, 5) is 15.9. The predicted molar refractivity (Wildman–Crippen MR) is 97.8 cm³/mol. The third-order valence-electron chi connectivity index (χ3n) is 3.25. The molecule has 1 N–H and O–H groups in total. The zero-order chi connectivity index (χ0) is 16.9. The summed E-state index contributed by atoms with van der Waals surface area (Å²) in [6.07, 6.45) is 5.02. The van der Waals surface area contributed by atoms with E-state index in [4.69, 9.17) is 11.6 Å². The topological polar surface area (TPSA) is 59.3 Å². The van der Waals surface area contributed by atoms with Crippen LogP contribution in [-0.2, 0) is 0 Å². The van der Waals surface area contributed by atoms with E-state index in [1.54, 1.807) is 18.3 Å². The molecule has 1 amide bonds. The van der Waals surface area contributed by atoms with Crippen molar-refractivity contribution in [2.45, 2.75) is 0 Å². The summed E-state index contributed by atoms with van der Waals surface area (Å²) in [5.41, 5.74) is 4.55. The lowest BCUT2D eigenvalue weighted by atomic mass is 10.3. The van der Waals surface area contributed by atoms with Crippen molar-refractivity contribution in [3.05, 3.63) is 81.8 Å². The number of hydrogen-bond acceptors (Lipinski definition) is 3. The fourth-order valence-corrected chi connectivity index (χ4v) is 2.58. The Kier molecular flexibility index (Phi) is 5.08. The van der Waals surface area contributed by atoms with Crippen molar-refractivity contribution < 1.29 is 4.79 Å². The van der Waals surface area contributed by atoms with Crippen molar-refractivity contribution in [3.63, 3.8) is 0 Å². The van der Waals surface area contributed by atoms with Gasteiger partial charge >= 0.3 is 0 Å². The molecule has 2 aromatic heterocycles. The number of rotatable bonds is 4. The fourth-order valence-electron chi connectivity index (χ4n) is 2.11. The number of pyridine rings is 1. The minimum absolute atomic E-state index is 0.142. The average molecular weight is 404 g/mol. The molecule has 0 unspecified atom stereocenters. The number of nitrogens with one attached hydrogen (secondary N) is 1. The molecule has 24 heavy (non-hydrogen) atoms. The molecule has 0 saturated carbocycles. The Morgan fingerprint density at radius 3 is 2.75 bits per heavy atom. The van der Waals surface area contributed by atoms with Gasteiger partial charge in [-0.1, -0.05) is 27.5 Å². The molecule has 5 nitrogen and oxygen atoms in total. The van der Waals surface area contributed by atoms with Crippen LogP contribution >= 0.6 is 27.5 Å². The number of carbonyl (C=O) groups excluding carboxylic acids is 1. The van der Waals surface area contributed by atoms with Gasteiger partial charge in [-0.05, 0) is 48.5 Å².